The minimum absolute atomic E-state index is 0.269. The summed E-state index contributed by atoms with van der Waals surface area (Å²) in [5.41, 5.74) is 2.42. The molecule has 26 heavy (non-hydrogen) atoms. The molecule has 1 fully saturated rings. The van der Waals surface area contributed by atoms with Crippen LogP contribution in [-0.4, -0.2) is 63.5 Å². The summed E-state index contributed by atoms with van der Waals surface area (Å²) >= 11 is 0. The summed E-state index contributed by atoms with van der Waals surface area (Å²) in [5.74, 6) is 0.729. The molecule has 142 valence electrons. The Balaban J connectivity index is 1.61. The molecule has 0 bridgehead atoms. The van der Waals surface area contributed by atoms with Crippen LogP contribution in [0.2, 0.25) is 0 Å². The molecule has 0 radical (unpaired) electrons. The van der Waals surface area contributed by atoms with Crippen molar-refractivity contribution in [2.75, 3.05) is 32.8 Å². The van der Waals surface area contributed by atoms with Crippen LogP contribution in [0, 0.1) is 5.92 Å². The Morgan fingerprint density at radius 3 is 2.85 bits per heavy atom. The smallest absolute Gasteiger partial charge is 0.0648 e. The van der Waals surface area contributed by atoms with E-state index >= 15 is 0 Å². The standard InChI is InChI=1S/C21H32N4O/c1-18(2)7-11-24-13-12-23(17-21(24)8-14-26)16-19-5-3-6-20(15-19)25-10-4-9-22-25/h3-6,9-10,15,18,21,26H,7-8,11-14,16-17H2,1-2H3/t21-/m0/s1. The van der Waals surface area contributed by atoms with E-state index in [4.69, 9.17) is 0 Å². The Morgan fingerprint density at radius 1 is 1.23 bits per heavy atom. The number of hydrogen-bond acceptors (Lipinski definition) is 4. The zero-order chi connectivity index (χ0) is 18.4. The average molecular weight is 357 g/mol. The van der Waals surface area contributed by atoms with Crippen LogP contribution in [0.15, 0.2) is 42.7 Å². The molecular weight excluding hydrogens is 324 g/mol. The highest BCUT2D eigenvalue weighted by Crippen LogP contribution is 2.18. The summed E-state index contributed by atoms with van der Waals surface area (Å²) in [7, 11) is 0. The zero-order valence-electron chi connectivity index (χ0n) is 16.1. The van der Waals surface area contributed by atoms with Crippen LogP contribution in [0.1, 0.15) is 32.3 Å². The van der Waals surface area contributed by atoms with Gasteiger partial charge in [-0.05, 0) is 49.1 Å². The number of benzene rings is 1. The SMILES string of the molecule is CC(C)CCN1CCN(Cc2cccc(-n3cccn3)c2)C[C@@H]1CCO. The molecule has 1 N–H and O–H groups in total. The first-order valence-electron chi connectivity index (χ1n) is 9.82. The van der Waals surface area contributed by atoms with Crippen LogP contribution in [0.3, 0.4) is 0 Å². The van der Waals surface area contributed by atoms with Crippen molar-refractivity contribution in [3.63, 3.8) is 0 Å². The van der Waals surface area contributed by atoms with E-state index in [2.05, 4.69) is 53.0 Å². The van der Waals surface area contributed by atoms with Gasteiger partial charge < -0.3 is 5.11 Å². The number of aromatic nitrogens is 2. The maximum absolute atomic E-state index is 9.48. The normalized spacial score (nSPS) is 19.3. The Bertz CT molecular complexity index is 656. The number of hydrogen-bond donors (Lipinski definition) is 1. The molecule has 0 saturated carbocycles. The molecule has 3 rings (SSSR count). The van der Waals surface area contributed by atoms with Gasteiger partial charge in [-0.15, -0.1) is 0 Å². The van der Waals surface area contributed by atoms with Gasteiger partial charge in [-0.2, -0.15) is 5.10 Å². The molecule has 2 aromatic rings. The predicted octanol–water partition coefficient (Wildman–Crippen LogP) is 2.79. The van der Waals surface area contributed by atoms with Crippen LogP contribution in [0.5, 0.6) is 0 Å². The van der Waals surface area contributed by atoms with Gasteiger partial charge in [0.15, 0.2) is 0 Å². The lowest BCUT2D eigenvalue weighted by atomic mass is 10.0. The fraction of sp³-hybridized carbons (Fsp3) is 0.571. The Kier molecular flexibility index (Phi) is 6.83. The summed E-state index contributed by atoms with van der Waals surface area (Å²) in [6.07, 6.45) is 5.88. The summed E-state index contributed by atoms with van der Waals surface area (Å²) in [5, 5.41) is 13.8. The largest absolute Gasteiger partial charge is 0.396 e. The van der Waals surface area contributed by atoms with Gasteiger partial charge in [0.1, 0.15) is 0 Å². The van der Waals surface area contributed by atoms with E-state index in [1.54, 1.807) is 0 Å². The molecule has 0 unspecified atom stereocenters. The molecule has 1 atom stereocenters. The fourth-order valence-electron chi connectivity index (χ4n) is 3.72. The first-order chi connectivity index (χ1) is 12.7. The van der Waals surface area contributed by atoms with Crippen LogP contribution < -0.4 is 0 Å². The topological polar surface area (TPSA) is 44.5 Å². The van der Waals surface area contributed by atoms with Gasteiger partial charge in [-0.3, -0.25) is 9.80 Å². The summed E-state index contributed by atoms with van der Waals surface area (Å²) in [6.45, 7) is 10.1. The molecule has 5 nitrogen and oxygen atoms in total. The van der Waals surface area contributed by atoms with Crippen molar-refractivity contribution < 1.29 is 5.11 Å². The van der Waals surface area contributed by atoms with Crippen molar-refractivity contribution >= 4 is 0 Å². The molecule has 1 aliphatic rings. The fourth-order valence-corrected chi connectivity index (χ4v) is 3.72. The predicted molar refractivity (Wildman–Crippen MR) is 105 cm³/mol. The quantitative estimate of drug-likeness (QED) is 0.790. The average Bonchev–Trinajstić information content (AvgIpc) is 3.16. The van der Waals surface area contributed by atoms with Gasteiger partial charge in [-0.25, -0.2) is 4.68 Å². The highest BCUT2D eigenvalue weighted by Gasteiger charge is 2.26. The monoisotopic (exact) mass is 356 g/mol. The molecule has 2 heterocycles. The minimum atomic E-state index is 0.269. The second-order valence-corrected chi connectivity index (χ2v) is 7.74. The molecule has 0 spiro atoms. The third-order valence-corrected chi connectivity index (χ3v) is 5.23. The van der Waals surface area contributed by atoms with E-state index in [0.29, 0.717) is 6.04 Å². The van der Waals surface area contributed by atoms with Gasteiger partial charge in [0.2, 0.25) is 0 Å². The van der Waals surface area contributed by atoms with Crippen LogP contribution in [-0.2, 0) is 6.54 Å². The first-order valence-corrected chi connectivity index (χ1v) is 9.82. The van der Waals surface area contributed by atoms with E-state index in [0.717, 1.165) is 50.7 Å². The lowest BCUT2D eigenvalue weighted by Gasteiger charge is -2.41. The molecule has 1 saturated heterocycles. The number of rotatable bonds is 8. The maximum Gasteiger partial charge on any atom is 0.0648 e. The maximum atomic E-state index is 9.48. The number of aliphatic hydroxyl groups is 1. The molecule has 0 amide bonds. The molecular formula is C21H32N4O. The van der Waals surface area contributed by atoms with E-state index in [-0.39, 0.29) is 6.61 Å². The van der Waals surface area contributed by atoms with E-state index < -0.39 is 0 Å². The van der Waals surface area contributed by atoms with Crippen molar-refractivity contribution in [3.8, 4) is 5.69 Å². The number of piperazine rings is 1. The van der Waals surface area contributed by atoms with Gasteiger partial charge in [0.05, 0.1) is 5.69 Å². The van der Waals surface area contributed by atoms with Crippen molar-refractivity contribution in [1.29, 1.82) is 0 Å². The number of nitrogens with zero attached hydrogens (tertiary/aromatic N) is 4. The minimum Gasteiger partial charge on any atom is -0.396 e. The molecule has 1 aliphatic heterocycles. The first kappa shape index (κ1) is 19.1. The van der Waals surface area contributed by atoms with Gasteiger partial charge in [0.25, 0.3) is 0 Å². The second-order valence-electron chi connectivity index (χ2n) is 7.74. The van der Waals surface area contributed by atoms with Gasteiger partial charge >= 0.3 is 0 Å². The van der Waals surface area contributed by atoms with Crippen molar-refractivity contribution in [1.82, 2.24) is 19.6 Å². The Labute approximate surface area is 157 Å². The number of aliphatic hydroxyl groups excluding tert-OH is 1. The third kappa shape index (κ3) is 5.16. The lowest BCUT2D eigenvalue weighted by Crippen LogP contribution is -2.53. The second kappa shape index (κ2) is 9.31. The van der Waals surface area contributed by atoms with Gasteiger partial charge in [-0.1, -0.05) is 26.0 Å². The Hall–Kier alpha value is -1.69. The highest BCUT2D eigenvalue weighted by molar-refractivity contribution is 5.35. The lowest BCUT2D eigenvalue weighted by molar-refractivity contribution is 0.0524. The van der Waals surface area contributed by atoms with Crippen LogP contribution >= 0.6 is 0 Å². The van der Waals surface area contributed by atoms with Crippen molar-refractivity contribution in [3.05, 3.63) is 48.3 Å². The molecule has 0 aliphatic carbocycles. The van der Waals surface area contributed by atoms with E-state index in [1.807, 2.05) is 23.1 Å². The van der Waals surface area contributed by atoms with E-state index in [1.165, 1.54) is 12.0 Å². The zero-order valence-corrected chi connectivity index (χ0v) is 16.1. The van der Waals surface area contributed by atoms with Crippen molar-refractivity contribution in [2.24, 2.45) is 5.92 Å². The van der Waals surface area contributed by atoms with Crippen LogP contribution in [0.25, 0.3) is 5.69 Å². The highest BCUT2D eigenvalue weighted by atomic mass is 16.3. The summed E-state index contributed by atoms with van der Waals surface area (Å²) in [4.78, 5) is 5.10. The van der Waals surface area contributed by atoms with Crippen molar-refractivity contribution in [2.45, 2.75) is 39.3 Å². The molecule has 1 aromatic heterocycles. The van der Waals surface area contributed by atoms with Gasteiger partial charge in [0, 0.05) is 51.2 Å². The summed E-state index contributed by atoms with van der Waals surface area (Å²) < 4.78 is 1.90. The molecule has 1 aromatic carbocycles. The van der Waals surface area contributed by atoms with E-state index in [9.17, 15) is 5.11 Å². The van der Waals surface area contributed by atoms with Crippen LogP contribution in [0.4, 0.5) is 0 Å². The third-order valence-electron chi connectivity index (χ3n) is 5.23. The molecule has 5 heteroatoms. The summed E-state index contributed by atoms with van der Waals surface area (Å²) in [6, 6.07) is 11.0. The Morgan fingerprint density at radius 2 is 2.12 bits per heavy atom.